The molecule has 0 aliphatic carbocycles. The lowest BCUT2D eigenvalue weighted by molar-refractivity contribution is 0.0908. The van der Waals surface area contributed by atoms with E-state index < -0.39 is 21.3 Å². The third kappa shape index (κ3) is 3.89. The summed E-state index contributed by atoms with van der Waals surface area (Å²) in [7, 11) is -3.79. The van der Waals surface area contributed by atoms with Crippen molar-refractivity contribution in [3.8, 4) is 0 Å². The number of carbonyl (C=O) groups excluding carboxylic acids is 1. The van der Waals surface area contributed by atoms with Crippen LogP contribution in [0.15, 0.2) is 64.4 Å². The minimum absolute atomic E-state index is 0.0286. The van der Waals surface area contributed by atoms with Gasteiger partial charge in [0.1, 0.15) is 0 Å². The molecule has 0 unspecified atom stereocenters. The Morgan fingerprint density at radius 2 is 1.75 bits per heavy atom. The predicted octanol–water partition coefficient (Wildman–Crippen LogP) is 3.45. The average molecular weight is 450 g/mol. The number of rotatable bonds is 4. The van der Waals surface area contributed by atoms with Crippen LogP contribution in [-0.4, -0.2) is 30.5 Å². The molecular weight excluding hydrogens is 426 g/mol. The summed E-state index contributed by atoms with van der Waals surface area (Å²) in [5, 5.41) is 3.56. The summed E-state index contributed by atoms with van der Waals surface area (Å²) in [5.41, 5.74) is 1.49. The molecule has 2 N–H and O–H groups in total. The normalized spacial score (nSPS) is 12.2. The van der Waals surface area contributed by atoms with Crippen LogP contribution in [0.1, 0.15) is 35.5 Å². The van der Waals surface area contributed by atoms with Crippen LogP contribution in [0.2, 0.25) is 0 Å². The number of hydrogen-bond acceptors (Lipinski definition) is 5. The zero-order valence-electron chi connectivity index (χ0n) is 18.2. The Kier molecular flexibility index (Phi) is 5.13. The zero-order valence-corrected chi connectivity index (χ0v) is 19.0. The summed E-state index contributed by atoms with van der Waals surface area (Å²) in [6.45, 7) is 5.49. The first-order valence-corrected chi connectivity index (χ1v) is 11.9. The molecule has 164 valence electrons. The first kappa shape index (κ1) is 21.7. The number of H-pyrrole nitrogens is 1. The van der Waals surface area contributed by atoms with Gasteiger partial charge in [-0.15, -0.1) is 0 Å². The summed E-state index contributed by atoms with van der Waals surface area (Å²) in [6, 6.07) is 13.4. The van der Waals surface area contributed by atoms with Crippen LogP contribution in [0.4, 0.5) is 0 Å². The van der Waals surface area contributed by atoms with E-state index in [2.05, 4.69) is 15.3 Å². The van der Waals surface area contributed by atoms with Crippen molar-refractivity contribution in [2.45, 2.75) is 31.2 Å². The fourth-order valence-electron chi connectivity index (χ4n) is 3.70. The quantitative estimate of drug-likeness (QED) is 0.464. The van der Waals surface area contributed by atoms with E-state index in [1.807, 2.05) is 32.9 Å². The molecule has 0 saturated carbocycles. The van der Waals surface area contributed by atoms with E-state index >= 15 is 0 Å². The highest BCUT2D eigenvalue weighted by atomic mass is 32.2. The van der Waals surface area contributed by atoms with Crippen LogP contribution >= 0.6 is 0 Å². The molecule has 0 radical (unpaired) electrons. The standard InChI is InChI=1S/C24H23N3O4S/c1-14-9-10-15(13-25-14)24(2,3)27-23(29)18-11-20-17(12-21(18)32(4,30)31)22(28)16-7-5-6-8-19(16)26-20/h5-13H,1-4H3,(H,26,28)(H,27,29). The summed E-state index contributed by atoms with van der Waals surface area (Å²) in [5.74, 6) is -0.563. The molecule has 0 spiro atoms. The van der Waals surface area contributed by atoms with E-state index in [4.69, 9.17) is 0 Å². The van der Waals surface area contributed by atoms with Gasteiger partial charge < -0.3 is 10.3 Å². The molecule has 0 saturated heterocycles. The number of pyridine rings is 2. The van der Waals surface area contributed by atoms with Gasteiger partial charge >= 0.3 is 0 Å². The van der Waals surface area contributed by atoms with Crippen molar-refractivity contribution in [3.63, 3.8) is 0 Å². The van der Waals surface area contributed by atoms with Crippen molar-refractivity contribution in [1.82, 2.24) is 15.3 Å². The molecule has 2 heterocycles. The Bertz CT molecular complexity index is 1540. The number of nitrogens with one attached hydrogen (secondary N) is 2. The Hall–Kier alpha value is -3.52. The Morgan fingerprint density at radius 1 is 1.03 bits per heavy atom. The second-order valence-corrected chi connectivity index (χ2v) is 10.4. The lowest BCUT2D eigenvalue weighted by Crippen LogP contribution is -2.41. The van der Waals surface area contributed by atoms with Crippen molar-refractivity contribution in [2.24, 2.45) is 0 Å². The van der Waals surface area contributed by atoms with Gasteiger partial charge in [-0.25, -0.2) is 8.42 Å². The van der Waals surface area contributed by atoms with Crippen LogP contribution < -0.4 is 10.7 Å². The van der Waals surface area contributed by atoms with Gasteiger partial charge in [0.15, 0.2) is 15.3 Å². The van der Waals surface area contributed by atoms with Gasteiger partial charge in [-0.1, -0.05) is 18.2 Å². The lowest BCUT2D eigenvalue weighted by Gasteiger charge is -2.27. The number of amides is 1. The summed E-state index contributed by atoms with van der Waals surface area (Å²) in [6.07, 6.45) is 2.70. The van der Waals surface area contributed by atoms with Crippen LogP contribution in [0.25, 0.3) is 21.8 Å². The number of benzene rings is 2. The van der Waals surface area contributed by atoms with Gasteiger partial charge in [-0.3, -0.25) is 14.6 Å². The van der Waals surface area contributed by atoms with E-state index in [9.17, 15) is 18.0 Å². The average Bonchev–Trinajstić information content (AvgIpc) is 2.72. The molecule has 4 aromatic rings. The maximum Gasteiger partial charge on any atom is 0.253 e. The van der Waals surface area contributed by atoms with E-state index in [1.165, 1.54) is 12.1 Å². The zero-order chi connectivity index (χ0) is 23.3. The molecule has 0 bridgehead atoms. The monoisotopic (exact) mass is 449 g/mol. The van der Waals surface area contributed by atoms with E-state index in [1.54, 1.807) is 30.5 Å². The van der Waals surface area contributed by atoms with Crippen molar-refractivity contribution in [2.75, 3.05) is 6.26 Å². The number of carbonyl (C=O) groups is 1. The van der Waals surface area contributed by atoms with Crippen molar-refractivity contribution < 1.29 is 13.2 Å². The molecule has 32 heavy (non-hydrogen) atoms. The fourth-order valence-corrected chi connectivity index (χ4v) is 4.58. The van der Waals surface area contributed by atoms with Crippen LogP contribution in [-0.2, 0) is 15.4 Å². The molecule has 2 aromatic carbocycles. The molecule has 4 rings (SSSR count). The number of aromatic nitrogens is 2. The van der Waals surface area contributed by atoms with Crippen LogP contribution in [0.5, 0.6) is 0 Å². The van der Waals surface area contributed by atoms with Gasteiger partial charge in [0.05, 0.1) is 21.5 Å². The summed E-state index contributed by atoms with van der Waals surface area (Å²) >= 11 is 0. The number of fused-ring (bicyclic) bond motifs is 2. The smallest absolute Gasteiger partial charge is 0.253 e. The van der Waals surface area contributed by atoms with Gasteiger partial charge in [-0.2, -0.15) is 0 Å². The number of hydrogen-bond donors (Lipinski definition) is 2. The molecule has 1 amide bonds. The number of aryl methyl sites for hydroxylation is 1. The van der Waals surface area contributed by atoms with Crippen molar-refractivity contribution in [1.29, 1.82) is 0 Å². The third-order valence-corrected chi connectivity index (χ3v) is 6.65. The summed E-state index contributed by atoms with van der Waals surface area (Å²) < 4.78 is 25.1. The minimum Gasteiger partial charge on any atom is -0.354 e. The molecule has 0 aliphatic rings. The summed E-state index contributed by atoms with van der Waals surface area (Å²) in [4.78, 5) is 33.5. The minimum atomic E-state index is -3.79. The number of para-hydroxylation sites is 1. The maximum atomic E-state index is 13.3. The predicted molar refractivity (Wildman–Crippen MR) is 125 cm³/mol. The lowest BCUT2D eigenvalue weighted by atomic mass is 9.95. The Balaban J connectivity index is 1.88. The van der Waals surface area contributed by atoms with E-state index in [-0.39, 0.29) is 21.3 Å². The van der Waals surface area contributed by atoms with Crippen LogP contribution in [0.3, 0.4) is 0 Å². The first-order valence-electron chi connectivity index (χ1n) is 10.0. The van der Waals surface area contributed by atoms with E-state index in [0.29, 0.717) is 16.4 Å². The Labute approximate surface area is 185 Å². The number of nitrogens with zero attached hydrogens (tertiary/aromatic N) is 1. The topological polar surface area (TPSA) is 109 Å². The molecule has 0 aliphatic heterocycles. The molecule has 0 atom stereocenters. The molecule has 2 aromatic heterocycles. The largest absolute Gasteiger partial charge is 0.354 e. The molecule has 8 heteroatoms. The molecule has 0 fully saturated rings. The Morgan fingerprint density at radius 3 is 2.41 bits per heavy atom. The van der Waals surface area contributed by atoms with Gasteiger partial charge in [-0.05, 0) is 56.7 Å². The highest BCUT2D eigenvalue weighted by Gasteiger charge is 2.28. The van der Waals surface area contributed by atoms with Gasteiger partial charge in [0, 0.05) is 34.4 Å². The van der Waals surface area contributed by atoms with Crippen molar-refractivity contribution in [3.05, 3.63) is 81.8 Å². The van der Waals surface area contributed by atoms with Crippen LogP contribution in [0, 0.1) is 6.92 Å². The number of aromatic amines is 1. The highest BCUT2D eigenvalue weighted by molar-refractivity contribution is 7.90. The van der Waals surface area contributed by atoms with E-state index in [0.717, 1.165) is 17.5 Å². The molecular formula is C24H23N3O4S. The fraction of sp³-hybridized carbons (Fsp3) is 0.208. The SMILES string of the molecule is Cc1ccc(C(C)(C)NC(=O)c2cc3[nH]c4ccccc4c(=O)c3cc2S(C)(=O)=O)cn1. The second kappa shape index (κ2) is 7.56. The number of sulfone groups is 1. The molecule has 7 nitrogen and oxygen atoms in total. The third-order valence-electron chi connectivity index (χ3n) is 5.51. The maximum absolute atomic E-state index is 13.3. The van der Waals surface area contributed by atoms with Crippen molar-refractivity contribution >= 4 is 37.6 Å². The van der Waals surface area contributed by atoms with Gasteiger partial charge in [0.25, 0.3) is 5.91 Å². The highest BCUT2D eigenvalue weighted by Crippen LogP contribution is 2.26. The second-order valence-electron chi connectivity index (χ2n) is 8.43. The van der Waals surface area contributed by atoms with Gasteiger partial charge in [0.2, 0.25) is 0 Å². The first-order chi connectivity index (χ1) is 15.0.